The normalized spacial score (nSPS) is 11.3. The Bertz CT molecular complexity index is 929. The molecule has 3 rings (SSSR count). The molecular formula is C21H27N7. The molecule has 1 aromatic carbocycles. The summed E-state index contributed by atoms with van der Waals surface area (Å²) in [4.78, 5) is 11.6. The third kappa shape index (κ3) is 5.17. The Morgan fingerprint density at radius 1 is 1.07 bits per heavy atom. The van der Waals surface area contributed by atoms with Crippen LogP contribution in [0, 0.1) is 6.92 Å². The summed E-state index contributed by atoms with van der Waals surface area (Å²) in [6, 6.07) is 12.1. The van der Waals surface area contributed by atoms with Gasteiger partial charge in [0.1, 0.15) is 11.6 Å². The Morgan fingerprint density at radius 3 is 2.46 bits per heavy atom. The first-order chi connectivity index (χ1) is 13.5. The molecule has 3 N–H and O–H groups in total. The second-order valence-corrected chi connectivity index (χ2v) is 6.87. The quantitative estimate of drug-likeness (QED) is 0.557. The predicted molar refractivity (Wildman–Crippen MR) is 116 cm³/mol. The van der Waals surface area contributed by atoms with E-state index in [1.54, 1.807) is 0 Å². The summed E-state index contributed by atoms with van der Waals surface area (Å²) in [5.41, 5.74) is 3.13. The highest BCUT2D eigenvalue weighted by Gasteiger charge is 2.14. The minimum atomic E-state index is 0.636. The van der Waals surface area contributed by atoms with E-state index in [0.717, 1.165) is 47.2 Å². The van der Waals surface area contributed by atoms with Crippen LogP contribution < -0.4 is 10.6 Å². The molecular weight excluding hydrogens is 350 g/mol. The van der Waals surface area contributed by atoms with E-state index in [2.05, 4.69) is 39.8 Å². The first kappa shape index (κ1) is 19.6. The Kier molecular flexibility index (Phi) is 6.39. The van der Waals surface area contributed by atoms with Gasteiger partial charge in [0.25, 0.3) is 0 Å². The summed E-state index contributed by atoms with van der Waals surface area (Å²) in [5, 5.41) is 13.8. The summed E-state index contributed by atoms with van der Waals surface area (Å²) in [5.74, 6) is 2.96. The highest BCUT2D eigenvalue weighted by molar-refractivity contribution is 5.70. The molecule has 0 spiro atoms. The monoisotopic (exact) mass is 377 g/mol. The van der Waals surface area contributed by atoms with E-state index in [1.807, 2.05) is 62.5 Å². The molecule has 0 amide bonds. The van der Waals surface area contributed by atoms with Crippen LogP contribution in [-0.4, -0.2) is 52.8 Å². The van der Waals surface area contributed by atoms with E-state index >= 15 is 0 Å². The van der Waals surface area contributed by atoms with Crippen LogP contribution in [0.5, 0.6) is 0 Å². The van der Waals surface area contributed by atoms with Crippen molar-refractivity contribution in [2.75, 3.05) is 38.3 Å². The molecule has 7 nitrogen and oxygen atoms in total. The number of aromatic nitrogens is 4. The van der Waals surface area contributed by atoms with Crippen molar-refractivity contribution in [3.63, 3.8) is 0 Å². The highest BCUT2D eigenvalue weighted by atomic mass is 15.2. The number of H-pyrrole nitrogens is 1. The molecule has 0 aliphatic carbocycles. The van der Waals surface area contributed by atoms with Gasteiger partial charge in [-0.25, -0.2) is 9.97 Å². The van der Waals surface area contributed by atoms with Crippen molar-refractivity contribution in [3.8, 4) is 0 Å². The van der Waals surface area contributed by atoms with E-state index in [9.17, 15) is 0 Å². The van der Waals surface area contributed by atoms with Gasteiger partial charge in [-0.1, -0.05) is 36.4 Å². The van der Waals surface area contributed by atoms with Crippen molar-refractivity contribution in [2.45, 2.75) is 13.3 Å². The first-order valence-corrected chi connectivity index (χ1v) is 9.30. The van der Waals surface area contributed by atoms with Gasteiger partial charge in [-0.2, -0.15) is 5.10 Å². The van der Waals surface area contributed by atoms with Gasteiger partial charge in [0.2, 0.25) is 0 Å². The van der Waals surface area contributed by atoms with Gasteiger partial charge >= 0.3 is 0 Å². The number of hydrogen-bond acceptors (Lipinski definition) is 6. The van der Waals surface area contributed by atoms with Crippen LogP contribution >= 0.6 is 0 Å². The number of hydrogen-bond donors (Lipinski definition) is 3. The Labute approximate surface area is 165 Å². The molecule has 0 unspecified atom stereocenters. The predicted octanol–water partition coefficient (Wildman–Crippen LogP) is 3.57. The summed E-state index contributed by atoms with van der Waals surface area (Å²) in [6.07, 6.45) is 4.75. The van der Waals surface area contributed by atoms with Gasteiger partial charge in [0.05, 0.1) is 0 Å². The second-order valence-electron chi connectivity index (χ2n) is 6.87. The molecule has 146 valence electrons. The molecule has 0 atom stereocenters. The number of aryl methyl sites for hydroxylation is 1. The number of aromatic amines is 1. The van der Waals surface area contributed by atoms with Gasteiger partial charge in [-0.15, -0.1) is 0 Å². The lowest BCUT2D eigenvalue weighted by atomic mass is 10.1. The van der Waals surface area contributed by atoms with Gasteiger partial charge in [-0.3, -0.25) is 5.10 Å². The van der Waals surface area contributed by atoms with Crippen molar-refractivity contribution in [2.24, 2.45) is 0 Å². The Balaban J connectivity index is 1.97. The standard InChI is InChI=1S/C21H27N7/c1-15-14-19(27-26-15)25-21-17(12-13-28(3)4)20(22-2)23-18(24-21)11-10-16-8-6-5-7-9-16/h5-11,14H,12-13H2,1-4H3,(H3,22,23,24,25,26,27). The lowest BCUT2D eigenvalue weighted by Crippen LogP contribution is -2.17. The minimum absolute atomic E-state index is 0.636. The summed E-state index contributed by atoms with van der Waals surface area (Å²) < 4.78 is 0. The molecule has 0 saturated heterocycles. The second kappa shape index (κ2) is 9.14. The number of anilines is 3. The smallest absolute Gasteiger partial charge is 0.156 e. The van der Waals surface area contributed by atoms with E-state index < -0.39 is 0 Å². The SMILES string of the molecule is CNc1nc(C=Cc2ccccc2)nc(Nc2cc(C)[nH]n2)c1CCN(C)C. The average molecular weight is 377 g/mol. The summed E-state index contributed by atoms with van der Waals surface area (Å²) in [6.45, 7) is 2.86. The molecule has 0 radical (unpaired) electrons. The van der Waals surface area contributed by atoms with Gasteiger partial charge in [0, 0.05) is 30.9 Å². The van der Waals surface area contributed by atoms with Crippen LogP contribution in [0.25, 0.3) is 12.2 Å². The van der Waals surface area contributed by atoms with Crippen LogP contribution in [0.3, 0.4) is 0 Å². The van der Waals surface area contributed by atoms with Crippen LogP contribution in [-0.2, 0) is 6.42 Å². The Hall–Kier alpha value is -3.19. The van der Waals surface area contributed by atoms with Gasteiger partial charge in [-0.05, 0) is 39.1 Å². The maximum absolute atomic E-state index is 4.76. The van der Waals surface area contributed by atoms with Crippen LogP contribution in [0.4, 0.5) is 17.5 Å². The van der Waals surface area contributed by atoms with Gasteiger partial charge in [0.15, 0.2) is 11.6 Å². The average Bonchev–Trinajstić information content (AvgIpc) is 3.10. The molecule has 7 heteroatoms. The number of rotatable bonds is 8. The molecule has 0 aliphatic rings. The molecule has 2 aromatic heterocycles. The molecule has 2 heterocycles. The van der Waals surface area contributed by atoms with E-state index in [1.165, 1.54) is 0 Å². The first-order valence-electron chi connectivity index (χ1n) is 9.30. The third-order valence-corrected chi connectivity index (χ3v) is 4.25. The molecule has 0 saturated carbocycles. The van der Waals surface area contributed by atoms with Crippen LogP contribution in [0.2, 0.25) is 0 Å². The summed E-state index contributed by atoms with van der Waals surface area (Å²) >= 11 is 0. The molecule has 0 aliphatic heterocycles. The minimum Gasteiger partial charge on any atom is -0.373 e. The molecule has 28 heavy (non-hydrogen) atoms. The molecule has 0 fully saturated rings. The topological polar surface area (TPSA) is 81.8 Å². The fraction of sp³-hybridized carbons (Fsp3) is 0.286. The fourth-order valence-electron chi connectivity index (χ4n) is 2.80. The lowest BCUT2D eigenvalue weighted by molar-refractivity contribution is 0.414. The lowest BCUT2D eigenvalue weighted by Gasteiger charge is -2.16. The third-order valence-electron chi connectivity index (χ3n) is 4.25. The van der Waals surface area contributed by atoms with Crippen molar-refractivity contribution >= 4 is 29.6 Å². The zero-order valence-electron chi connectivity index (χ0n) is 16.8. The van der Waals surface area contributed by atoms with E-state index in [4.69, 9.17) is 9.97 Å². The largest absolute Gasteiger partial charge is 0.373 e. The van der Waals surface area contributed by atoms with Crippen LogP contribution in [0.15, 0.2) is 36.4 Å². The maximum Gasteiger partial charge on any atom is 0.156 e. The zero-order chi connectivity index (χ0) is 19.9. The van der Waals surface area contributed by atoms with Crippen molar-refractivity contribution in [3.05, 3.63) is 59.0 Å². The van der Waals surface area contributed by atoms with Crippen molar-refractivity contribution in [1.82, 2.24) is 25.1 Å². The Morgan fingerprint density at radius 2 is 1.82 bits per heavy atom. The number of nitrogens with one attached hydrogen (secondary N) is 3. The summed E-state index contributed by atoms with van der Waals surface area (Å²) in [7, 11) is 6.00. The van der Waals surface area contributed by atoms with E-state index in [-0.39, 0.29) is 0 Å². The van der Waals surface area contributed by atoms with Gasteiger partial charge < -0.3 is 15.5 Å². The fourth-order valence-corrected chi connectivity index (χ4v) is 2.80. The van der Waals surface area contributed by atoms with E-state index in [0.29, 0.717) is 5.82 Å². The number of likely N-dealkylation sites (N-methyl/N-ethyl adjacent to an activating group) is 1. The van der Waals surface area contributed by atoms with Crippen molar-refractivity contribution < 1.29 is 0 Å². The van der Waals surface area contributed by atoms with Crippen molar-refractivity contribution in [1.29, 1.82) is 0 Å². The maximum atomic E-state index is 4.76. The van der Waals surface area contributed by atoms with Crippen LogP contribution in [0.1, 0.15) is 22.6 Å². The zero-order valence-corrected chi connectivity index (χ0v) is 16.8. The molecule has 0 bridgehead atoms. The molecule has 3 aromatic rings. The number of nitrogens with zero attached hydrogens (tertiary/aromatic N) is 4. The highest BCUT2D eigenvalue weighted by Crippen LogP contribution is 2.25. The number of benzene rings is 1.